The van der Waals surface area contributed by atoms with Crippen LogP contribution in [0.4, 0.5) is 26.3 Å². The van der Waals surface area contributed by atoms with E-state index in [4.69, 9.17) is 8.51 Å². The first-order valence-electron chi connectivity index (χ1n) is 4.81. The van der Waals surface area contributed by atoms with Gasteiger partial charge < -0.3 is 0 Å². The fourth-order valence-electron chi connectivity index (χ4n) is 1.78. The van der Waals surface area contributed by atoms with Crippen LogP contribution in [0.15, 0.2) is 18.2 Å². The maximum absolute atomic E-state index is 13.0. The molecular formula is C10H6AtClF6O. The Bertz CT molecular complexity index is 498. The number of halogens is 7. The number of rotatable bonds is 0. The first-order valence-corrected chi connectivity index (χ1v) is 11.1. The number of fused-ring (bicyclic) bond motifs is 1. The van der Waals surface area contributed by atoms with Gasteiger partial charge in [0.2, 0.25) is 0 Å². The summed E-state index contributed by atoms with van der Waals surface area (Å²) in [5.41, 5.74) is -4.91. The molecule has 0 bridgehead atoms. The Balaban J connectivity index is 2.78. The molecule has 108 valence electrons. The molecule has 0 aromatic heterocycles. The molecule has 0 N–H and O–H groups in total. The van der Waals surface area contributed by atoms with Crippen molar-refractivity contribution in [1.29, 1.82) is 0 Å². The summed E-state index contributed by atoms with van der Waals surface area (Å²) in [4.78, 5) is 0. The molecule has 0 amide bonds. The van der Waals surface area contributed by atoms with Gasteiger partial charge in [-0.3, -0.25) is 0 Å². The Kier molecular flexibility index (Phi) is 3.60. The zero-order chi connectivity index (χ0) is 14.6. The molecule has 1 nitrogen and oxygen atoms in total. The Labute approximate surface area is 116 Å². The van der Waals surface area contributed by atoms with Gasteiger partial charge in [-0.1, -0.05) is 0 Å². The van der Waals surface area contributed by atoms with Crippen LogP contribution in [-0.4, -0.2) is 12.4 Å². The van der Waals surface area contributed by atoms with Crippen molar-refractivity contribution in [3.05, 3.63) is 29.3 Å². The van der Waals surface area contributed by atoms with Crippen molar-refractivity contribution in [3.63, 3.8) is 0 Å². The van der Waals surface area contributed by atoms with Crippen molar-refractivity contribution in [2.24, 2.45) is 0 Å². The van der Waals surface area contributed by atoms with Gasteiger partial charge in [0, 0.05) is 0 Å². The van der Waals surface area contributed by atoms with Crippen molar-refractivity contribution >= 4 is 11.8 Å². The Morgan fingerprint density at radius 1 is 1.11 bits per heavy atom. The summed E-state index contributed by atoms with van der Waals surface area (Å²) in [6.07, 6.45) is -11.2. The molecular weight excluding hydrogens is 497 g/mol. The van der Waals surface area contributed by atoms with E-state index in [-0.39, 0.29) is 8.83 Å². The van der Waals surface area contributed by atoms with Crippen LogP contribution in [0, 0.1) is 27.9 Å². The summed E-state index contributed by atoms with van der Waals surface area (Å²) in [7, 11) is 5.65. The second-order valence-corrected chi connectivity index (χ2v) is 10.0. The van der Waals surface area contributed by atoms with Gasteiger partial charge in [-0.2, -0.15) is 0 Å². The number of alkyl halides is 6. The molecule has 1 aromatic carbocycles. The molecule has 1 aromatic rings. The molecule has 1 aliphatic heterocycles. The van der Waals surface area contributed by atoms with E-state index in [1.54, 1.807) is 0 Å². The van der Waals surface area contributed by atoms with Crippen LogP contribution >= 0.6 is 8.51 Å². The molecule has 1 heterocycles. The van der Waals surface area contributed by atoms with Gasteiger partial charge >= 0.3 is 116 Å². The molecule has 1 aliphatic rings. The van der Waals surface area contributed by atoms with Crippen molar-refractivity contribution < 1.29 is 50.2 Å². The van der Waals surface area contributed by atoms with E-state index >= 15 is 0 Å². The fraction of sp³-hybridized carbons (Fsp3) is 0.400. The Hall–Kier alpha value is -0.0669. The monoisotopic (exact) mass is 502 g/mol. The minimum absolute atomic E-state index is 0.132. The predicted octanol–water partition coefficient (Wildman–Crippen LogP) is 3.66. The quantitative estimate of drug-likeness (QED) is 0.492. The van der Waals surface area contributed by atoms with Crippen molar-refractivity contribution in [2.75, 3.05) is 0 Å². The summed E-state index contributed by atoms with van der Waals surface area (Å²) < 4.78 is 82.3. The van der Waals surface area contributed by atoms with Crippen LogP contribution in [0.1, 0.15) is 11.1 Å². The molecule has 0 radical (unpaired) electrons. The molecule has 2 rings (SSSR count). The molecule has 0 atom stereocenters. The van der Waals surface area contributed by atoms with Gasteiger partial charge in [0.15, 0.2) is 0 Å². The van der Waals surface area contributed by atoms with Gasteiger partial charge in [-0.05, 0) is 0 Å². The Morgan fingerprint density at radius 3 is 2.11 bits per heavy atom. The maximum atomic E-state index is 13.0. The molecule has 0 spiro atoms. The second kappa shape index (κ2) is 4.47. The van der Waals surface area contributed by atoms with Gasteiger partial charge in [-0.25, -0.2) is 0 Å². The average Bonchev–Trinajstić information content (AvgIpc) is 2.51. The average molecular weight is 503 g/mol. The summed E-state index contributed by atoms with van der Waals surface area (Å²) in [6, 6.07) is 3.47. The van der Waals surface area contributed by atoms with Gasteiger partial charge in [0.1, 0.15) is 0 Å². The van der Waals surface area contributed by atoms with E-state index in [0.717, 1.165) is 6.07 Å². The van der Waals surface area contributed by atoms with Crippen molar-refractivity contribution in [2.45, 2.75) is 24.9 Å². The second-order valence-electron chi connectivity index (χ2n) is 3.94. The van der Waals surface area contributed by atoms with Crippen LogP contribution in [-0.2, 0) is 8.41 Å². The zero-order valence-corrected chi connectivity index (χ0v) is 12.9. The third kappa shape index (κ3) is 2.16. The minimum atomic E-state index is -5.61. The van der Waals surface area contributed by atoms with Crippen LogP contribution in [0.3, 0.4) is 0 Å². The van der Waals surface area contributed by atoms with Gasteiger partial charge in [-0.15, -0.1) is 0 Å². The third-order valence-corrected chi connectivity index (χ3v) is 8.46. The summed E-state index contributed by atoms with van der Waals surface area (Å²) >= 11 is -3.75. The summed E-state index contributed by atoms with van der Waals surface area (Å²) in [5.74, 6) is 0. The van der Waals surface area contributed by atoms with Crippen LogP contribution in [0.25, 0.3) is 0 Å². The molecule has 9 heteroatoms. The van der Waals surface area contributed by atoms with E-state index in [0.29, 0.717) is 0 Å². The molecule has 0 aliphatic carbocycles. The topological polar surface area (TPSA) is 9.23 Å². The molecule has 19 heavy (non-hydrogen) atoms. The number of benzene rings is 1. The van der Waals surface area contributed by atoms with E-state index in [1.807, 2.05) is 0 Å². The zero-order valence-electron chi connectivity index (χ0n) is 9.16. The Morgan fingerprint density at radius 2 is 1.63 bits per heavy atom. The molecule has 0 fully saturated rings. The van der Waals surface area contributed by atoms with Crippen molar-refractivity contribution in [3.8, 4) is 0 Å². The van der Waals surface area contributed by atoms with Gasteiger partial charge in [0.25, 0.3) is 0 Å². The molecule has 0 saturated heterocycles. The SMILES string of the molecule is Cc1ccc2c(c1)C(C(F)(F)F)(C(F)(F)F)O[211At]2Cl. The van der Waals surface area contributed by atoms with Crippen LogP contribution in [0.2, 0.25) is 0 Å². The standard InChI is InChI=1S/C10H6AtClF6O/c1-5-2-3-7-6(4-5)8(9(13,14)15,10(16,17)18)19-11(7)12/h2-4H,1H3/i11+1. The fourth-order valence-corrected chi connectivity index (χ4v) is 7.74. The van der Waals surface area contributed by atoms with E-state index in [2.05, 4.69) is 2.81 Å². The molecule has 0 unspecified atom stereocenters. The third-order valence-electron chi connectivity index (χ3n) is 2.64. The summed E-state index contributed by atoms with van der Waals surface area (Å²) in [5, 5.41) is 0. The summed E-state index contributed by atoms with van der Waals surface area (Å²) in [6.45, 7) is 1.41. The van der Waals surface area contributed by atoms with Crippen molar-refractivity contribution in [1.82, 2.24) is 0 Å². The van der Waals surface area contributed by atoms with Crippen LogP contribution < -0.4 is 3.27 Å². The first-order chi connectivity index (χ1) is 8.50. The van der Waals surface area contributed by atoms with E-state index in [9.17, 15) is 26.3 Å². The van der Waals surface area contributed by atoms with Crippen LogP contribution in [0.5, 0.6) is 0 Å². The van der Waals surface area contributed by atoms with E-state index in [1.165, 1.54) is 19.1 Å². The van der Waals surface area contributed by atoms with Gasteiger partial charge in [0.05, 0.1) is 0 Å². The number of aryl methyl sites for hydroxylation is 1. The number of hydrogen-bond donors (Lipinski definition) is 0. The molecule has 0 saturated carbocycles. The normalized spacial score (nSPS) is 20.5. The number of hydrogen-bond acceptors (Lipinski definition) is 1. The predicted molar refractivity (Wildman–Crippen MR) is 51.5 cm³/mol. The first kappa shape index (κ1) is 15.3. The van der Waals surface area contributed by atoms with E-state index < -0.39 is 44.5 Å².